The molecule has 0 amide bonds. The number of hydrogen-bond acceptors (Lipinski definition) is 3. The van der Waals surface area contributed by atoms with Gasteiger partial charge in [0, 0.05) is 18.6 Å². The molecular weight excluding hydrogens is 252 g/mol. The minimum atomic E-state index is -0.721. The maximum Gasteiger partial charge on any atom is 0.323 e. The smallest absolute Gasteiger partial charge is 0.323 e. The van der Waals surface area contributed by atoms with Crippen LogP contribution in [-0.4, -0.2) is 46.7 Å². The van der Waals surface area contributed by atoms with Crippen LogP contribution in [0.3, 0.4) is 0 Å². The van der Waals surface area contributed by atoms with Crippen LogP contribution in [0.4, 0.5) is 0 Å². The SMILES string of the molecule is CCC(C)CN(CC)C1CCC(NC(C)C)(C(=O)O)C1. The van der Waals surface area contributed by atoms with Crippen molar-refractivity contribution < 1.29 is 9.90 Å². The summed E-state index contributed by atoms with van der Waals surface area (Å²) >= 11 is 0. The second-order valence-corrected chi connectivity index (χ2v) is 6.68. The molecule has 3 atom stereocenters. The molecule has 0 aliphatic heterocycles. The van der Waals surface area contributed by atoms with Crippen molar-refractivity contribution in [1.29, 1.82) is 0 Å². The van der Waals surface area contributed by atoms with Crippen molar-refractivity contribution in [2.45, 2.75) is 77.9 Å². The van der Waals surface area contributed by atoms with Crippen LogP contribution < -0.4 is 5.32 Å². The molecule has 20 heavy (non-hydrogen) atoms. The second-order valence-electron chi connectivity index (χ2n) is 6.68. The van der Waals surface area contributed by atoms with Gasteiger partial charge in [-0.05, 0) is 45.6 Å². The van der Waals surface area contributed by atoms with Crippen molar-refractivity contribution in [1.82, 2.24) is 10.2 Å². The Bertz CT molecular complexity index is 320. The number of carbonyl (C=O) groups is 1. The van der Waals surface area contributed by atoms with Gasteiger partial charge in [0.15, 0.2) is 0 Å². The van der Waals surface area contributed by atoms with Crippen LogP contribution in [0.1, 0.15) is 60.3 Å². The van der Waals surface area contributed by atoms with E-state index < -0.39 is 11.5 Å². The Balaban J connectivity index is 2.73. The summed E-state index contributed by atoms with van der Waals surface area (Å²) in [5.41, 5.74) is -0.721. The van der Waals surface area contributed by atoms with Crippen LogP contribution in [0.5, 0.6) is 0 Å². The Morgan fingerprint density at radius 3 is 2.50 bits per heavy atom. The zero-order valence-corrected chi connectivity index (χ0v) is 13.8. The molecule has 1 aliphatic carbocycles. The molecule has 1 aliphatic rings. The predicted molar refractivity (Wildman–Crippen MR) is 83.0 cm³/mol. The molecule has 1 fully saturated rings. The Morgan fingerprint density at radius 2 is 2.05 bits per heavy atom. The van der Waals surface area contributed by atoms with E-state index in [0.717, 1.165) is 32.4 Å². The van der Waals surface area contributed by atoms with E-state index in [1.807, 2.05) is 13.8 Å². The van der Waals surface area contributed by atoms with Crippen LogP contribution in [0.25, 0.3) is 0 Å². The molecule has 0 saturated heterocycles. The summed E-state index contributed by atoms with van der Waals surface area (Å²) in [4.78, 5) is 14.2. The highest BCUT2D eigenvalue weighted by Crippen LogP contribution is 2.34. The van der Waals surface area contributed by atoms with Crippen LogP contribution in [0.15, 0.2) is 0 Å². The number of carboxylic acids is 1. The number of hydrogen-bond donors (Lipinski definition) is 2. The summed E-state index contributed by atoms with van der Waals surface area (Å²) in [6, 6.07) is 0.603. The van der Waals surface area contributed by atoms with Crippen LogP contribution in [0.2, 0.25) is 0 Å². The van der Waals surface area contributed by atoms with Crippen molar-refractivity contribution in [2.75, 3.05) is 13.1 Å². The lowest BCUT2D eigenvalue weighted by Gasteiger charge is -2.33. The van der Waals surface area contributed by atoms with Gasteiger partial charge < -0.3 is 10.0 Å². The maximum absolute atomic E-state index is 11.7. The molecule has 0 aromatic heterocycles. The van der Waals surface area contributed by atoms with Crippen molar-refractivity contribution in [3.8, 4) is 0 Å². The summed E-state index contributed by atoms with van der Waals surface area (Å²) in [5.74, 6) is -0.0128. The molecule has 4 nitrogen and oxygen atoms in total. The lowest BCUT2D eigenvalue weighted by Crippen LogP contribution is -2.54. The molecule has 2 N–H and O–H groups in total. The zero-order valence-electron chi connectivity index (χ0n) is 13.8. The fraction of sp³-hybridized carbons (Fsp3) is 0.938. The van der Waals surface area contributed by atoms with Crippen molar-refractivity contribution >= 4 is 5.97 Å². The first-order chi connectivity index (χ1) is 9.34. The summed E-state index contributed by atoms with van der Waals surface area (Å²) in [6.07, 6.45) is 3.63. The fourth-order valence-electron chi connectivity index (χ4n) is 3.34. The molecule has 0 aromatic rings. The first-order valence-corrected chi connectivity index (χ1v) is 8.09. The van der Waals surface area contributed by atoms with Gasteiger partial charge >= 0.3 is 5.97 Å². The van der Waals surface area contributed by atoms with E-state index in [1.54, 1.807) is 0 Å². The van der Waals surface area contributed by atoms with Crippen LogP contribution in [0, 0.1) is 5.92 Å². The zero-order chi connectivity index (χ0) is 15.3. The maximum atomic E-state index is 11.7. The van der Waals surface area contributed by atoms with Crippen LogP contribution >= 0.6 is 0 Å². The van der Waals surface area contributed by atoms with E-state index in [1.165, 1.54) is 6.42 Å². The van der Waals surface area contributed by atoms with Gasteiger partial charge in [-0.25, -0.2) is 0 Å². The number of nitrogens with one attached hydrogen (secondary N) is 1. The molecule has 118 valence electrons. The monoisotopic (exact) mass is 284 g/mol. The average Bonchev–Trinajstić information content (AvgIpc) is 2.80. The Labute approximate surface area is 123 Å². The van der Waals surface area contributed by atoms with E-state index in [-0.39, 0.29) is 6.04 Å². The van der Waals surface area contributed by atoms with Crippen molar-refractivity contribution in [3.05, 3.63) is 0 Å². The number of aliphatic carboxylic acids is 1. The van der Waals surface area contributed by atoms with Crippen LogP contribution in [-0.2, 0) is 4.79 Å². The summed E-state index contributed by atoms with van der Waals surface area (Å²) < 4.78 is 0. The quantitative estimate of drug-likeness (QED) is 0.719. The molecule has 0 radical (unpaired) electrons. The first kappa shape index (κ1) is 17.4. The third kappa shape index (κ3) is 4.19. The summed E-state index contributed by atoms with van der Waals surface area (Å²) in [7, 11) is 0. The molecule has 4 heteroatoms. The lowest BCUT2D eigenvalue weighted by atomic mass is 9.96. The van der Waals surface area contributed by atoms with Gasteiger partial charge in [-0.2, -0.15) is 0 Å². The molecule has 1 saturated carbocycles. The van der Waals surface area contributed by atoms with E-state index in [9.17, 15) is 9.90 Å². The lowest BCUT2D eigenvalue weighted by molar-refractivity contribution is -0.145. The van der Waals surface area contributed by atoms with E-state index >= 15 is 0 Å². The highest BCUT2D eigenvalue weighted by atomic mass is 16.4. The fourth-order valence-corrected chi connectivity index (χ4v) is 3.34. The first-order valence-electron chi connectivity index (χ1n) is 8.09. The second kappa shape index (κ2) is 7.41. The van der Waals surface area contributed by atoms with Gasteiger partial charge in [0.2, 0.25) is 0 Å². The molecule has 3 unspecified atom stereocenters. The van der Waals surface area contributed by atoms with Crippen molar-refractivity contribution in [2.24, 2.45) is 5.92 Å². The minimum absolute atomic E-state index is 0.203. The molecule has 0 heterocycles. The molecular formula is C16H32N2O2. The van der Waals surface area contributed by atoms with Gasteiger partial charge in [-0.3, -0.25) is 10.1 Å². The molecule has 0 aromatic carbocycles. The number of carboxylic acid groups (broad SMARTS) is 1. The largest absolute Gasteiger partial charge is 0.480 e. The Hall–Kier alpha value is -0.610. The van der Waals surface area contributed by atoms with Gasteiger partial charge in [0.1, 0.15) is 5.54 Å². The van der Waals surface area contributed by atoms with E-state index in [2.05, 4.69) is 31.0 Å². The van der Waals surface area contributed by atoms with Gasteiger partial charge in [-0.15, -0.1) is 0 Å². The average molecular weight is 284 g/mol. The standard InChI is InChI=1S/C16H32N2O2/c1-6-13(5)11-18(7-2)14-8-9-16(10-14,15(19)20)17-12(3)4/h12-14,17H,6-11H2,1-5H3,(H,19,20). The van der Waals surface area contributed by atoms with E-state index in [0.29, 0.717) is 12.0 Å². The number of nitrogens with zero attached hydrogens (tertiary/aromatic N) is 1. The summed E-state index contributed by atoms with van der Waals surface area (Å²) in [6.45, 7) is 12.8. The minimum Gasteiger partial charge on any atom is -0.480 e. The predicted octanol–water partition coefficient (Wildman–Crippen LogP) is 2.73. The van der Waals surface area contributed by atoms with Gasteiger partial charge in [-0.1, -0.05) is 27.2 Å². The topological polar surface area (TPSA) is 52.6 Å². The normalized spacial score (nSPS) is 28.2. The van der Waals surface area contributed by atoms with Gasteiger partial charge in [0.05, 0.1) is 0 Å². The van der Waals surface area contributed by atoms with E-state index in [4.69, 9.17) is 0 Å². The summed E-state index contributed by atoms with van der Waals surface area (Å²) in [5, 5.41) is 12.9. The van der Waals surface area contributed by atoms with Gasteiger partial charge in [0.25, 0.3) is 0 Å². The Kier molecular flexibility index (Phi) is 6.46. The Morgan fingerprint density at radius 1 is 1.40 bits per heavy atom. The third-order valence-corrected chi connectivity index (χ3v) is 4.63. The third-order valence-electron chi connectivity index (χ3n) is 4.63. The number of rotatable bonds is 8. The molecule has 1 rings (SSSR count). The molecule has 0 spiro atoms. The van der Waals surface area contributed by atoms with Crippen molar-refractivity contribution in [3.63, 3.8) is 0 Å². The molecule has 0 bridgehead atoms. The highest BCUT2D eigenvalue weighted by Gasteiger charge is 2.47. The highest BCUT2D eigenvalue weighted by molar-refractivity contribution is 5.79.